The number of carbonyl (C=O) groups is 1. The van der Waals surface area contributed by atoms with Crippen LogP contribution in [0.25, 0.3) is 0 Å². The second kappa shape index (κ2) is 11.5. The Hall–Kier alpha value is -1.01. The molecule has 0 saturated carbocycles. The summed E-state index contributed by atoms with van der Waals surface area (Å²) in [5.74, 6) is 1.21. The topological polar surface area (TPSA) is 59.6 Å². The molecule has 0 spiro atoms. The molecule has 1 fully saturated rings. The minimum absolute atomic E-state index is 0. The van der Waals surface area contributed by atoms with E-state index in [-0.39, 0.29) is 18.3 Å². The van der Waals surface area contributed by atoms with Gasteiger partial charge in [-0.05, 0) is 57.0 Å². The Bertz CT molecular complexity index is 509. The highest BCUT2D eigenvalue weighted by molar-refractivity contribution is 6.31. The largest absolute Gasteiger partial charge is 0.489 e. The highest BCUT2D eigenvalue weighted by Gasteiger charge is 2.16. The summed E-state index contributed by atoms with van der Waals surface area (Å²) in [5.41, 5.74) is 0.614. The van der Waals surface area contributed by atoms with Crippen LogP contribution in [-0.2, 0) is 9.53 Å². The van der Waals surface area contributed by atoms with Gasteiger partial charge in [0.05, 0.1) is 12.3 Å². The molecule has 2 rings (SSSR count). The molecule has 0 radical (unpaired) electrons. The first-order chi connectivity index (χ1) is 11.2. The summed E-state index contributed by atoms with van der Waals surface area (Å²) in [5, 5.41) is 6.79. The number of amides is 1. The maximum absolute atomic E-state index is 12.2. The second-order valence-electron chi connectivity index (χ2n) is 5.63. The van der Waals surface area contributed by atoms with Gasteiger partial charge in [0.15, 0.2) is 0 Å². The molecule has 1 aromatic carbocycles. The lowest BCUT2D eigenvalue weighted by atomic mass is 10.0. The number of anilines is 1. The van der Waals surface area contributed by atoms with Gasteiger partial charge in [0.2, 0.25) is 5.91 Å². The molecule has 7 heteroatoms. The molecule has 24 heavy (non-hydrogen) atoms. The Morgan fingerprint density at radius 2 is 2.25 bits per heavy atom. The minimum atomic E-state index is -0.00572. The van der Waals surface area contributed by atoms with E-state index in [0.29, 0.717) is 48.6 Å². The molecule has 1 aromatic rings. The Morgan fingerprint density at radius 3 is 2.96 bits per heavy atom. The molecule has 136 valence electrons. The summed E-state index contributed by atoms with van der Waals surface area (Å²) >= 11 is 6.02. The molecular formula is C17H26Cl2N2O3. The highest BCUT2D eigenvalue weighted by atomic mass is 35.5. The lowest BCUT2D eigenvalue weighted by Gasteiger charge is -2.14. The molecule has 1 unspecified atom stereocenters. The summed E-state index contributed by atoms with van der Waals surface area (Å²) in [4.78, 5) is 12.2. The molecule has 0 aromatic heterocycles. The molecule has 5 nitrogen and oxygen atoms in total. The van der Waals surface area contributed by atoms with E-state index in [2.05, 4.69) is 10.6 Å². The predicted octanol–water partition coefficient (Wildman–Crippen LogP) is 3.51. The molecule has 2 N–H and O–H groups in total. The molecule has 0 bridgehead atoms. The zero-order chi connectivity index (χ0) is 16.5. The highest BCUT2D eigenvalue weighted by Crippen LogP contribution is 2.28. The fraction of sp³-hybridized carbons (Fsp3) is 0.588. The van der Waals surface area contributed by atoms with Gasteiger partial charge in [0.25, 0.3) is 0 Å². The Kier molecular flexibility index (Phi) is 10.1. The van der Waals surface area contributed by atoms with Crippen molar-refractivity contribution in [1.82, 2.24) is 5.32 Å². The Balaban J connectivity index is 0.00000288. The number of nitrogens with one attached hydrogen (secondary N) is 2. The maximum Gasteiger partial charge on any atom is 0.224 e. The summed E-state index contributed by atoms with van der Waals surface area (Å²) in [7, 11) is 0. The molecule has 1 saturated heterocycles. The van der Waals surface area contributed by atoms with Crippen LogP contribution in [0, 0.1) is 5.92 Å². The van der Waals surface area contributed by atoms with Crippen LogP contribution in [0.5, 0.6) is 5.75 Å². The smallest absolute Gasteiger partial charge is 0.224 e. The zero-order valence-corrected chi connectivity index (χ0v) is 15.5. The van der Waals surface area contributed by atoms with Gasteiger partial charge < -0.3 is 20.1 Å². The van der Waals surface area contributed by atoms with E-state index < -0.39 is 0 Å². The third kappa shape index (κ3) is 7.26. The van der Waals surface area contributed by atoms with Gasteiger partial charge in [-0.1, -0.05) is 11.6 Å². The summed E-state index contributed by atoms with van der Waals surface area (Å²) < 4.78 is 10.9. The van der Waals surface area contributed by atoms with Gasteiger partial charge in [0.1, 0.15) is 12.4 Å². The fourth-order valence-electron chi connectivity index (χ4n) is 2.59. The average Bonchev–Trinajstić information content (AvgIpc) is 3.05. The van der Waals surface area contributed by atoms with E-state index in [1.54, 1.807) is 18.2 Å². The number of halogens is 2. The van der Waals surface area contributed by atoms with Crippen LogP contribution >= 0.6 is 24.0 Å². The van der Waals surface area contributed by atoms with Crippen LogP contribution in [-0.4, -0.2) is 38.8 Å². The van der Waals surface area contributed by atoms with E-state index >= 15 is 0 Å². The van der Waals surface area contributed by atoms with Crippen LogP contribution in [0.1, 0.15) is 26.2 Å². The van der Waals surface area contributed by atoms with E-state index in [1.807, 2.05) is 6.92 Å². The first-order valence-corrected chi connectivity index (χ1v) is 8.57. The third-order valence-corrected chi connectivity index (χ3v) is 4.08. The van der Waals surface area contributed by atoms with Gasteiger partial charge >= 0.3 is 0 Å². The fourth-order valence-corrected chi connectivity index (χ4v) is 2.76. The number of rotatable bonds is 9. The van der Waals surface area contributed by atoms with Gasteiger partial charge in [-0.25, -0.2) is 0 Å². The number of hydrogen-bond donors (Lipinski definition) is 2. The Labute approximate surface area is 154 Å². The second-order valence-corrected chi connectivity index (χ2v) is 6.07. The summed E-state index contributed by atoms with van der Waals surface area (Å²) in [6.45, 7) is 5.61. The van der Waals surface area contributed by atoms with E-state index in [0.717, 1.165) is 25.9 Å². The van der Waals surface area contributed by atoms with Gasteiger partial charge in [-0.2, -0.15) is 0 Å². The molecular weight excluding hydrogens is 351 g/mol. The lowest BCUT2D eigenvalue weighted by molar-refractivity contribution is -0.116. The van der Waals surface area contributed by atoms with E-state index in [1.165, 1.54) is 0 Å². The maximum atomic E-state index is 12.2. The van der Waals surface area contributed by atoms with Gasteiger partial charge in [-0.15, -0.1) is 12.4 Å². The lowest BCUT2D eigenvalue weighted by Crippen LogP contribution is -2.16. The third-order valence-electron chi connectivity index (χ3n) is 3.85. The van der Waals surface area contributed by atoms with Gasteiger partial charge in [0, 0.05) is 18.1 Å². The normalized spacial score (nSPS) is 16.5. The molecule has 1 aliphatic rings. The van der Waals surface area contributed by atoms with Crippen LogP contribution in [0.4, 0.5) is 5.69 Å². The number of carbonyl (C=O) groups excluding carboxylic acids is 1. The monoisotopic (exact) mass is 376 g/mol. The van der Waals surface area contributed by atoms with Crippen molar-refractivity contribution in [2.75, 3.05) is 38.2 Å². The quantitative estimate of drug-likeness (QED) is 0.647. The SMILES string of the molecule is CCOCCOc1ccc(Cl)cc1NC(=O)CCC1CCNC1.Cl. The van der Waals surface area contributed by atoms with Crippen LogP contribution in [0.15, 0.2) is 18.2 Å². The van der Waals surface area contributed by atoms with Gasteiger partial charge in [-0.3, -0.25) is 4.79 Å². The van der Waals surface area contributed by atoms with Crippen molar-refractivity contribution < 1.29 is 14.3 Å². The summed E-state index contributed by atoms with van der Waals surface area (Å²) in [6, 6.07) is 5.23. The minimum Gasteiger partial charge on any atom is -0.489 e. The zero-order valence-electron chi connectivity index (χ0n) is 14.0. The number of hydrogen-bond acceptors (Lipinski definition) is 4. The van der Waals surface area contributed by atoms with Crippen molar-refractivity contribution in [3.05, 3.63) is 23.2 Å². The van der Waals surface area contributed by atoms with E-state index in [4.69, 9.17) is 21.1 Å². The van der Waals surface area contributed by atoms with Crippen LogP contribution in [0.2, 0.25) is 5.02 Å². The van der Waals surface area contributed by atoms with Crippen molar-refractivity contribution in [2.24, 2.45) is 5.92 Å². The molecule has 1 atom stereocenters. The van der Waals surface area contributed by atoms with E-state index in [9.17, 15) is 4.79 Å². The molecule has 0 aliphatic carbocycles. The van der Waals surface area contributed by atoms with Crippen molar-refractivity contribution in [2.45, 2.75) is 26.2 Å². The predicted molar refractivity (Wildman–Crippen MR) is 99.5 cm³/mol. The van der Waals surface area contributed by atoms with Crippen molar-refractivity contribution in [3.63, 3.8) is 0 Å². The first-order valence-electron chi connectivity index (χ1n) is 8.19. The number of ether oxygens (including phenoxy) is 2. The van der Waals surface area contributed by atoms with Crippen LogP contribution < -0.4 is 15.4 Å². The Morgan fingerprint density at radius 1 is 1.42 bits per heavy atom. The number of benzene rings is 1. The van der Waals surface area contributed by atoms with Crippen molar-refractivity contribution in [3.8, 4) is 5.75 Å². The van der Waals surface area contributed by atoms with Crippen molar-refractivity contribution in [1.29, 1.82) is 0 Å². The average molecular weight is 377 g/mol. The molecule has 1 amide bonds. The standard InChI is InChI=1S/C17H25ClN2O3.ClH/c1-2-22-9-10-23-16-5-4-14(18)11-15(16)20-17(21)6-3-13-7-8-19-12-13;/h4-5,11,13,19H,2-3,6-10,12H2,1H3,(H,20,21);1H. The first kappa shape index (κ1) is 21.0. The molecule has 1 heterocycles. The van der Waals surface area contributed by atoms with Crippen molar-refractivity contribution >= 4 is 35.6 Å². The van der Waals surface area contributed by atoms with Crippen LogP contribution in [0.3, 0.4) is 0 Å². The molecule has 1 aliphatic heterocycles. The summed E-state index contributed by atoms with van der Waals surface area (Å²) in [6.07, 6.45) is 2.56.